The molecule has 1 amide bonds. The van der Waals surface area contributed by atoms with Gasteiger partial charge in [0, 0.05) is 17.8 Å². The van der Waals surface area contributed by atoms with Gasteiger partial charge >= 0.3 is 0 Å². The van der Waals surface area contributed by atoms with Gasteiger partial charge in [0.25, 0.3) is 5.91 Å². The zero-order valence-corrected chi connectivity index (χ0v) is 24.4. The Morgan fingerprint density at radius 3 is 2.14 bits per heavy atom. The van der Waals surface area contributed by atoms with Gasteiger partial charge in [0.15, 0.2) is 0 Å². The molecule has 0 atom stereocenters. The van der Waals surface area contributed by atoms with Crippen molar-refractivity contribution in [2.75, 3.05) is 5.32 Å². The average molecular weight is 585 g/mol. The Morgan fingerprint density at radius 1 is 0.919 bits per heavy atom. The number of rotatable bonds is 6. The lowest BCUT2D eigenvalue weighted by Crippen LogP contribution is -2.19. The van der Waals surface area contributed by atoms with Crippen LogP contribution >= 0.6 is 49.6 Å². The van der Waals surface area contributed by atoms with Gasteiger partial charge in [-0.15, -0.1) is 49.6 Å². The highest BCUT2D eigenvalue weighted by Crippen LogP contribution is 2.36. The molecule has 0 spiro atoms. The van der Waals surface area contributed by atoms with E-state index in [1.807, 2.05) is 31.2 Å². The SMILES string of the molecule is Cc1ccc(-c2c(CN)c(CC(C)C)nc(C)c2NC(=O)c2cnc3ccccc3n2)cc1.Cl.Cl.Cl.Cl. The van der Waals surface area contributed by atoms with Crippen molar-refractivity contribution in [1.29, 1.82) is 0 Å². The number of aryl methyl sites for hydroxylation is 2. The van der Waals surface area contributed by atoms with E-state index in [0.717, 1.165) is 40.0 Å². The van der Waals surface area contributed by atoms with Crippen LogP contribution in [0.15, 0.2) is 54.7 Å². The van der Waals surface area contributed by atoms with Crippen LogP contribution < -0.4 is 11.1 Å². The number of halogens is 4. The quantitative estimate of drug-likeness (QED) is 0.257. The van der Waals surface area contributed by atoms with E-state index in [1.54, 1.807) is 0 Å². The van der Waals surface area contributed by atoms with Crippen LogP contribution in [0.1, 0.15) is 46.9 Å². The van der Waals surface area contributed by atoms with Gasteiger partial charge in [-0.25, -0.2) is 4.98 Å². The van der Waals surface area contributed by atoms with Crippen molar-refractivity contribution in [3.63, 3.8) is 0 Å². The number of nitrogens with one attached hydrogen (secondary N) is 1. The van der Waals surface area contributed by atoms with Crippen LogP contribution in [0.2, 0.25) is 0 Å². The number of nitrogens with two attached hydrogens (primary N) is 1. The van der Waals surface area contributed by atoms with Gasteiger partial charge in [-0.1, -0.05) is 55.8 Å². The minimum absolute atomic E-state index is 0. The number of carbonyl (C=O) groups is 1. The number of carbonyl (C=O) groups excluding carboxylic acids is 1. The Morgan fingerprint density at radius 2 is 1.54 bits per heavy atom. The summed E-state index contributed by atoms with van der Waals surface area (Å²) in [7, 11) is 0. The van der Waals surface area contributed by atoms with Crippen molar-refractivity contribution in [3.8, 4) is 11.1 Å². The summed E-state index contributed by atoms with van der Waals surface area (Å²) in [5.41, 5.74) is 14.3. The molecule has 0 unspecified atom stereocenters. The summed E-state index contributed by atoms with van der Waals surface area (Å²) >= 11 is 0. The van der Waals surface area contributed by atoms with Crippen LogP contribution in [-0.4, -0.2) is 20.9 Å². The van der Waals surface area contributed by atoms with Gasteiger partial charge in [-0.3, -0.25) is 14.8 Å². The highest BCUT2D eigenvalue weighted by molar-refractivity contribution is 6.06. The number of anilines is 1. The first kappa shape index (κ1) is 34.5. The van der Waals surface area contributed by atoms with Gasteiger partial charge in [0.05, 0.1) is 28.6 Å². The fraction of sp³-hybridized carbons (Fsp3) is 0.259. The number of amides is 1. The lowest BCUT2D eigenvalue weighted by molar-refractivity contribution is 0.102. The Labute approximate surface area is 242 Å². The van der Waals surface area contributed by atoms with E-state index in [0.29, 0.717) is 23.7 Å². The zero-order chi connectivity index (χ0) is 23.5. The third-order valence-corrected chi connectivity index (χ3v) is 5.63. The maximum absolute atomic E-state index is 13.2. The molecule has 2 aromatic carbocycles. The topological polar surface area (TPSA) is 93.8 Å². The fourth-order valence-electron chi connectivity index (χ4n) is 4.01. The molecule has 0 aliphatic carbocycles. The lowest BCUT2D eigenvalue weighted by atomic mass is 9.92. The normalized spacial score (nSPS) is 10.0. The molecule has 4 aromatic rings. The van der Waals surface area contributed by atoms with E-state index >= 15 is 0 Å². The van der Waals surface area contributed by atoms with Gasteiger partial charge in [0.2, 0.25) is 0 Å². The van der Waals surface area contributed by atoms with Crippen molar-refractivity contribution in [3.05, 3.63) is 82.9 Å². The van der Waals surface area contributed by atoms with Crippen molar-refractivity contribution in [1.82, 2.24) is 15.0 Å². The molecule has 6 nitrogen and oxygen atoms in total. The largest absolute Gasteiger partial charge is 0.326 e. The van der Waals surface area contributed by atoms with Crippen LogP contribution in [0, 0.1) is 19.8 Å². The monoisotopic (exact) mass is 583 g/mol. The summed E-state index contributed by atoms with van der Waals surface area (Å²) in [6, 6.07) is 15.7. The summed E-state index contributed by atoms with van der Waals surface area (Å²) in [4.78, 5) is 27.0. The maximum Gasteiger partial charge on any atom is 0.275 e. The van der Waals surface area contributed by atoms with Gasteiger partial charge in [0.1, 0.15) is 5.69 Å². The molecule has 0 fully saturated rings. The van der Waals surface area contributed by atoms with E-state index in [-0.39, 0.29) is 61.2 Å². The minimum atomic E-state index is -0.328. The molecule has 2 heterocycles. The molecule has 0 bridgehead atoms. The number of nitrogens with zero attached hydrogens (tertiary/aromatic N) is 3. The standard InChI is InChI=1S/C27H29N5O.4ClH/c1-16(2)13-23-20(14-28)25(19-11-9-17(3)10-12-19)26(18(4)30-23)32-27(33)24-15-29-21-7-5-6-8-22(21)31-24;;;;/h5-12,15-16H,13-14,28H2,1-4H3,(H,32,33);4*1H. The number of hydrogen-bond donors (Lipinski definition) is 2. The predicted molar refractivity (Wildman–Crippen MR) is 162 cm³/mol. The second kappa shape index (κ2) is 15.1. The Bertz CT molecular complexity index is 1330. The Balaban J connectivity index is 0.00000324. The summed E-state index contributed by atoms with van der Waals surface area (Å²) in [5.74, 6) is 0.104. The van der Waals surface area contributed by atoms with E-state index in [2.05, 4.69) is 60.3 Å². The lowest BCUT2D eigenvalue weighted by Gasteiger charge is -2.21. The maximum atomic E-state index is 13.2. The van der Waals surface area contributed by atoms with E-state index in [4.69, 9.17) is 10.7 Å². The molecule has 0 radical (unpaired) electrons. The molecule has 37 heavy (non-hydrogen) atoms. The Kier molecular flexibility index (Phi) is 14.0. The van der Waals surface area contributed by atoms with Gasteiger partial charge < -0.3 is 11.1 Å². The van der Waals surface area contributed by atoms with Crippen LogP contribution in [0.5, 0.6) is 0 Å². The number of pyridine rings is 1. The molecule has 4 rings (SSSR count). The zero-order valence-electron chi connectivity index (χ0n) is 21.1. The van der Waals surface area contributed by atoms with Gasteiger partial charge in [-0.2, -0.15) is 0 Å². The van der Waals surface area contributed by atoms with Gasteiger partial charge in [-0.05, 0) is 49.4 Å². The fourth-order valence-corrected chi connectivity index (χ4v) is 4.01. The van der Waals surface area contributed by atoms with E-state index in [9.17, 15) is 4.79 Å². The first-order valence-corrected chi connectivity index (χ1v) is 11.2. The highest BCUT2D eigenvalue weighted by Gasteiger charge is 2.21. The second-order valence-corrected chi connectivity index (χ2v) is 8.74. The van der Waals surface area contributed by atoms with Crippen LogP contribution in [0.4, 0.5) is 5.69 Å². The third kappa shape index (κ3) is 7.76. The predicted octanol–water partition coefficient (Wildman–Crippen LogP) is 6.91. The molecule has 3 N–H and O–H groups in total. The number of para-hydroxylation sites is 2. The van der Waals surface area contributed by atoms with Crippen LogP contribution in [-0.2, 0) is 13.0 Å². The van der Waals surface area contributed by atoms with E-state index in [1.165, 1.54) is 11.8 Å². The number of benzene rings is 2. The third-order valence-electron chi connectivity index (χ3n) is 5.63. The molecule has 10 heteroatoms. The summed E-state index contributed by atoms with van der Waals surface area (Å²) in [6.07, 6.45) is 2.32. The summed E-state index contributed by atoms with van der Waals surface area (Å²) in [5, 5.41) is 3.07. The van der Waals surface area contributed by atoms with Crippen molar-refractivity contribution >= 4 is 72.3 Å². The summed E-state index contributed by atoms with van der Waals surface area (Å²) < 4.78 is 0. The molecule has 0 aliphatic heterocycles. The van der Waals surface area contributed by atoms with E-state index < -0.39 is 0 Å². The molecular formula is C27H33Cl4N5O. The van der Waals surface area contributed by atoms with Crippen molar-refractivity contribution in [2.45, 2.75) is 40.7 Å². The average Bonchev–Trinajstić information content (AvgIpc) is 2.80. The second-order valence-electron chi connectivity index (χ2n) is 8.74. The van der Waals surface area contributed by atoms with Crippen LogP contribution in [0.25, 0.3) is 22.2 Å². The van der Waals surface area contributed by atoms with Crippen molar-refractivity contribution < 1.29 is 4.79 Å². The Hall–Kier alpha value is -2.48. The molecular weight excluding hydrogens is 552 g/mol. The number of hydrogen-bond acceptors (Lipinski definition) is 5. The highest BCUT2D eigenvalue weighted by atomic mass is 35.5. The first-order valence-electron chi connectivity index (χ1n) is 11.2. The number of fused-ring (bicyclic) bond motifs is 1. The summed E-state index contributed by atoms with van der Waals surface area (Å²) in [6.45, 7) is 8.63. The van der Waals surface area contributed by atoms with Crippen LogP contribution in [0.3, 0.4) is 0 Å². The molecule has 200 valence electrons. The first-order chi connectivity index (χ1) is 15.9. The molecule has 2 aromatic heterocycles. The molecule has 0 saturated carbocycles. The van der Waals surface area contributed by atoms with Crippen molar-refractivity contribution in [2.24, 2.45) is 11.7 Å². The molecule has 0 saturated heterocycles. The number of aromatic nitrogens is 3. The smallest absolute Gasteiger partial charge is 0.275 e. The molecule has 0 aliphatic rings. The minimum Gasteiger partial charge on any atom is -0.326 e.